The highest BCUT2D eigenvalue weighted by Crippen LogP contribution is 2.30. The van der Waals surface area contributed by atoms with Gasteiger partial charge in [0.2, 0.25) is 0 Å². The number of hydrogen-bond donors (Lipinski definition) is 0. The molecule has 0 bridgehead atoms. The number of nitrogens with zero attached hydrogens (tertiary/aromatic N) is 2. The molecule has 0 radical (unpaired) electrons. The number of halogens is 1. The predicted octanol–water partition coefficient (Wildman–Crippen LogP) is 2.62. The summed E-state index contributed by atoms with van der Waals surface area (Å²) in [6.07, 6.45) is 0. The Morgan fingerprint density at radius 1 is 0.957 bits per heavy atom. The summed E-state index contributed by atoms with van der Waals surface area (Å²) in [7, 11) is -4.13. The molecule has 0 aliphatic carbocycles. The summed E-state index contributed by atoms with van der Waals surface area (Å²) in [5.74, 6) is -1.14. The van der Waals surface area contributed by atoms with Crippen molar-refractivity contribution in [3.63, 3.8) is 0 Å². The Morgan fingerprint density at radius 2 is 1.57 bits per heavy atom. The van der Waals surface area contributed by atoms with Gasteiger partial charge in [0.05, 0.1) is 21.7 Å². The van der Waals surface area contributed by atoms with Crippen LogP contribution in [0, 0.1) is 26.0 Å². The third-order valence-electron chi connectivity index (χ3n) is 2.96. The lowest BCUT2D eigenvalue weighted by molar-refractivity contribution is -0.396. The van der Waals surface area contributed by atoms with Gasteiger partial charge in [0.25, 0.3) is 11.4 Å². The van der Waals surface area contributed by atoms with Crippen LogP contribution >= 0.6 is 0 Å². The molecule has 120 valence electrons. The molecule has 0 heterocycles. The first-order chi connectivity index (χ1) is 10.7. The van der Waals surface area contributed by atoms with E-state index in [1.807, 2.05) is 0 Å². The molecule has 0 saturated heterocycles. The molecule has 2 aromatic rings. The Morgan fingerprint density at radius 3 is 2.09 bits per heavy atom. The van der Waals surface area contributed by atoms with Gasteiger partial charge in [-0.2, -0.15) is 0 Å². The molecule has 2 rings (SSSR count). The zero-order chi connectivity index (χ0) is 17.2. The maximum atomic E-state index is 12.8. The Bertz CT molecular complexity index is 880. The Balaban J connectivity index is 2.48. The van der Waals surface area contributed by atoms with Crippen LogP contribution in [0.3, 0.4) is 0 Å². The van der Waals surface area contributed by atoms with Gasteiger partial charge in [-0.1, -0.05) is 12.1 Å². The van der Waals surface area contributed by atoms with Crippen LogP contribution in [0.2, 0.25) is 0 Å². The van der Waals surface area contributed by atoms with Crippen molar-refractivity contribution in [3.8, 4) is 0 Å². The average molecular weight is 340 g/mol. The van der Waals surface area contributed by atoms with E-state index in [0.717, 1.165) is 24.3 Å². The van der Waals surface area contributed by atoms with Gasteiger partial charge in [-0.15, -0.1) is 0 Å². The highest BCUT2D eigenvalue weighted by Gasteiger charge is 2.28. The Labute approximate surface area is 129 Å². The Kier molecular flexibility index (Phi) is 4.36. The molecule has 0 aromatic heterocycles. The molecule has 0 atom stereocenters. The molecule has 0 N–H and O–H groups in total. The smallest absolute Gasteiger partial charge is 0.258 e. The van der Waals surface area contributed by atoms with Gasteiger partial charge in [0, 0.05) is 6.07 Å². The SMILES string of the molecule is O=[N+]([O-])c1ccc(S(=O)(=O)Cc2ccc(F)cc2)c([N+](=O)[O-])c1. The summed E-state index contributed by atoms with van der Waals surface area (Å²) >= 11 is 0. The van der Waals surface area contributed by atoms with E-state index >= 15 is 0 Å². The lowest BCUT2D eigenvalue weighted by atomic mass is 10.2. The van der Waals surface area contributed by atoms with Gasteiger partial charge in [-0.05, 0) is 23.8 Å². The first-order valence-corrected chi connectivity index (χ1v) is 7.76. The topological polar surface area (TPSA) is 120 Å². The molecule has 8 nitrogen and oxygen atoms in total. The molecule has 0 fully saturated rings. The minimum atomic E-state index is -4.13. The van der Waals surface area contributed by atoms with Gasteiger partial charge in [-0.3, -0.25) is 20.2 Å². The molecule has 0 aliphatic heterocycles. The fraction of sp³-hybridized carbons (Fsp3) is 0.0769. The first-order valence-electron chi connectivity index (χ1n) is 6.11. The number of rotatable bonds is 5. The van der Waals surface area contributed by atoms with Crippen molar-refractivity contribution < 1.29 is 22.7 Å². The lowest BCUT2D eigenvalue weighted by Crippen LogP contribution is -2.08. The van der Waals surface area contributed by atoms with Crippen LogP contribution < -0.4 is 0 Å². The molecule has 10 heteroatoms. The number of benzene rings is 2. The van der Waals surface area contributed by atoms with Gasteiger partial charge >= 0.3 is 0 Å². The van der Waals surface area contributed by atoms with Crippen LogP contribution in [-0.4, -0.2) is 18.3 Å². The van der Waals surface area contributed by atoms with E-state index < -0.39 is 47.5 Å². The third-order valence-corrected chi connectivity index (χ3v) is 4.68. The molecular formula is C13H9FN2O6S. The quantitative estimate of drug-likeness (QED) is 0.609. The van der Waals surface area contributed by atoms with E-state index in [1.165, 1.54) is 12.1 Å². The molecule has 0 unspecified atom stereocenters. The average Bonchev–Trinajstić information content (AvgIpc) is 2.48. The number of sulfone groups is 1. The standard InChI is InChI=1S/C13H9FN2O6S/c14-10-3-1-9(2-4-10)8-23(21,22)13-6-5-11(15(17)18)7-12(13)16(19)20/h1-7H,8H2. The fourth-order valence-electron chi connectivity index (χ4n) is 1.90. The van der Waals surface area contributed by atoms with Crippen LogP contribution in [0.4, 0.5) is 15.8 Å². The van der Waals surface area contributed by atoms with Gasteiger partial charge in [-0.25, -0.2) is 12.8 Å². The van der Waals surface area contributed by atoms with Crippen molar-refractivity contribution in [3.05, 3.63) is 74.1 Å². The van der Waals surface area contributed by atoms with Crippen molar-refractivity contribution in [2.45, 2.75) is 10.6 Å². The normalized spacial score (nSPS) is 11.2. The largest absolute Gasteiger partial charge is 0.294 e. The maximum Gasteiger partial charge on any atom is 0.294 e. The predicted molar refractivity (Wildman–Crippen MR) is 77.0 cm³/mol. The molecule has 0 amide bonds. The van der Waals surface area contributed by atoms with Crippen LogP contribution in [0.1, 0.15) is 5.56 Å². The third kappa shape index (κ3) is 3.66. The van der Waals surface area contributed by atoms with Gasteiger partial charge in [0.15, 0.2) is 9.84 Å². The Hall–Kier alpha value is -2.88. The second-order valence-electron chi connectivity index (χ2n) is 4.55. The molecule has 0 spiro atoms. The van der Waals surface area contributed by atoms with Crippen molar-refractivity contribution in [2.75, 3.05) is 0 Å². The lowest BCUT2D eigenvalue weighted by Gasteiger charge is -2.06. The van der Waals surface area contributed by atoms with Crippen LogP contribution in [0.5, 0.6) is 0 Å². The molecule has 0 saturated carbocycles. The monoisotopic (exact) mass is 340 g/mol. The molecule has 0 aliphatic rings. The summed E-state index contributed by atoms with van der Waals surface area (Å²) in [5, 5.41) is 21.7. The zero-order valence-corrected chi connectivity index (χ0v) is 12.2. The van der Waals surface area contributed by atoms with Gasteiger partial charge in [0.1, 0.15) is 10.7 Å². The summed E-state index contributed by atoms with van der Waals surface area (Å²) in [6.45, 7) is 0. The highest BCUT2D eigenvalue weighted by molar-refractivity contribution is 7.90. The van der Waals surface area contributed by atoms with Crippen molar-refractivity contribution in [1.29, 1.82) is 0 Å². The van der Waals surface area contributed by atoms with Crippen molar-refractivity contribution in [1.82, 2.24) is 0 Å². The number of nitro benzene ring substituents is 2. The van der Waals surface area contributed by atoms with Crippen LogP contribution in [0.15, 0.2) is 47.4 Å². The summed E-state index contributed by atoms with van der Waals surface area (Å²) < 4.78 is 37.5. The van der Waals surface area contributed by atoms with Gasteiger partial charge < -0.3 is 0 Å². The molecule has 23 heavy (non-hydrogen) atoms. The van der Waals surface area contributed by atoms with E-state index in [0.29, 0.717) is 6.07 Å². The zero-order valence-electron chi connectivity index (χ0n) is 11.4. The van der Waals surface area contributed by atoms with E-state index in [1.54, 1.807) is 0 Å². The van der Waals surface area contributed by atoms with Crippen LogP contribution in [-0.2, 0) is 15.6 Å². The number of non-ortho nitro benzene ring substituents is 1. The summed E-state index contributed by atoms with van der Waals surface area (Å²) in [5.41, 5.74) is -1.22. The summed E-state index contributed by atoms with van der Waals surface area (Å²) in [6, 6.07) is 6.91. The van der Waals surface area contributed by atoms with E-state index in [9.17, 15) is 33.0 Å². The van der Waals surface area contributed by atoms with Crippen molar-refractivity contribution >= 4 is 21.2 Å². The minimum absolute atomic E-state index is 0.235. The first kappa shape index (κ1) is 16.5. The maximum absolute atomic E-state index is 12.8. The van der Waals surface area contributed by atoms with Crippen LogP contribution in [0.25, 0.3) is 0 Å². The molecule has 2 aromatic carbocycles. The van der Waals surface area contributed by atoms with E-state index in [-0.39, 0.29) is 5.56 Å². The number of hydrogen-bond acceptors (Lipinski definition) is 6. The van der Waals surface area contributed by atoms with E-state index in [2.05, 4.69) is 0 Å². The summed E-state index contributed by atoms with van der Waals surface area (Å²) in [4.78, 5) is 19.2. The van der Waals surface area contributed by atoms with Crippen molar-refractivity contribution in [2.24, 2.45) is 0 Å². The minimum Gasteiger partial charge on any atom is -0.258 e. The molecular weight excluding hydrogens is 331 g/mol. The second kappa shape index (κ2) is 6.08. The highest BCUT2D eigenvalue weighted by atomic mass is 32.2. The second-order valence-corrected chi connectivity index (χ2v) is 6.51. The number of nitro groups is 2. The fourth-order valence-corrected chi connectivity index (χ4v) is 3.42. The van der Waals surface area contributed by atoms with E-state index in [4.69, 9.17) is 0 Å².